The third-order valence-electron chi connectivity index (χ3n) is 3.53. The number of benzene rings is 2. The molecule has 0 fully saturated rings. The molecule has 0 spiro atoms. The maximum Gasteiger partial charge on any atom is 0.232 e. The molecule has 0 radical (unpaired) electrons. The van der Waals surface area contributed by atoms with E-state index < -0.39 is 0 Å². The summed E-state index contributed by atoms with van der Waals surface area (Å²) >= 11 is 0. The SMILES string of the molecule is COc1ccccc1C[C@@H]1C(=O)Nc2ccccc21. The van der Waals surface area contributed by atoms with Crippen LogP contribution in [0.3, 0.4) is 0 Å². The number of fused-ring (bicyclic) bond motifs is 1. The number of amides is 1. The van der Waals surface area contributed by atoms with Gasteiger partial charge in [0.2, 0.25) is 5.91 Å². The Morgan fingerprint density at radius 1 is 1.11 bits per heavy atom. The summed E-state index contributed by atoms with van der Waals surface area (Å²) in [7, 11) is 1.65. The maximum absolute atomic E-state index is 12.1. The van der Waals surface area contributed by atoms with Gasteiger partial charge in [0.15, 0.2) is 0 Å². The van der Waals surface area contributed by atoms with Gasteiger partial charge in [0.05, 0.1) is 13.0 Å². The lowest BCUT2D eigenvalue weighted by molar-refractivity contribution is -0.117. The zero-order valence-electron chi connectivity index (χ0n) is 10.7. The van der Waals surface area contributed by atoms with Crippen LogP contribution in [-0.2, 0) is 11.2 Å². The highest BCUT2D eigenvalue weighted by molar-refractivity contribution is 6.03. The van der Waals surface area contributed by atoms with Gasteiger partial charge in [-0.05, 0) is 29.7 Å². The summed E-state index contributed by atoms with van der Waals surface area (Å²) in [5, 5.41) is 2.93. The molecule has 19 heavy (non-hydrogen) atoms. The molecule has 1 atom stereocenters. The number of hydrogen-bond donors (Lipinski definition) is 1. The van der Waals surface area contributed by atoms with Gasteiger partial charge in [-0.15, -0.1) is 0 Å². The Kier molecular flexibility index (Phi) is 2.95. The maximum atomic E-state index is 12.1. The van der Waals surface area contributed by atoms with Crippen molar-refractivity contribution in [1.29, 1.82) is 0 Å². The summed E-state index contributed by atoms with van der Waals surface area (Å²) in [6.45, 7) is 0. The molecule has 96 valence electrons. The number of carbonyl (C=O) groups is 1. The number of methoxy groups -OCH3 is 1. The molecule has 1 aliphatic rings. The Bertz CT molecular complexity index is 622. The molecule has 3 nitrogen and oxygen atoms in total. The first-order valence-electron chi connectivity index (χ1n) is 6.31. The fourth-order valence-electron chi connectivity index (χ4n) is 2.57. The van der Waals surface area contributed by atoms with Crippen molar-refractivity contribution in [3.63, 3.8) is 0 Å². The lowest BCUT2D eigenvalue weighted by atomic mass is 9.93. The summed E-state index contributed by atoms with van der Waals surface area (Å²) in [5.74, 6) is 0.763. The van der Waals surface area contributed by atoms with Gasteiger partial charge in [0.1, 0.15) is 5.75 Å². The van der Waals surface area contributed by atoms with Crippen LogP contribution in [0.15, 0.2) is 48.5 Å². The quantitative estimate of drug-likeness (QED) is 0.913. The van der Waals surface area contributed by atoms with E-state index in [9.17, 15) is 4.79 Å². The van der Waals surface area contributed by atoms with Crippen LogP contribution >= 0.6 is 0 Å². The van der Waals surface area contributed by atoms with E-state index in [1.807, 2.05) is 48.5 Å². The molecule has 0 saturated carbocycles. The first kappa shape index (κ1) is 11.8. The van der Waals surface area contributed by atoms with Crippen molar-refractivity contribution < 1.29 is 9.53 Å². The molecule has 1 amide bonds. The third kappa shape index (κ3) is 2.08. The Morgan fingerprint density at radius 2 is 1.84 bits per heavy atom. The van der Waals surface area contributed by atoms with E-state index in [-0.39, 0.29) is 11.8 Å². The second-order valence-corrected chi connectivity index (χ2v) is 4.65. The summed E-state index contributed by atoms with van der Waals surface area (Å²) in [6, 6.07) is 15.7. The van der Waals surface area contributed by atoms with E-state index in [0.717, 1.165) is 22.6 Å². The minimum atomic E-state index is -0.132. The molecule has 2 aromatic carbocycles. The smallest absolute Gasteiger partial charge is 0.232 e. The number of ether oxygens (including phenoxy) is 1. The third-order valence-corrected chi connectivity index (χ3v) is 3.53. The van der Waals surface area contributed by atoms with Gasteiger partial charge < -0.3 is 10.1 Å². The van der Waals surface area contributed by atoms with Gasteiger partial charge in [-0.3, -0.25) is 4.79 Å². The van der Waals surface area contributed by atoms with Gasteiger partial charge in [-0.25, -0.2) is 0 Å². The Labute approximate surface area is 112 Å². The van der Waals surface area contributed by atoms with Gasteiger partial charge in [-0.1, -0.05) is 36.4 Å². The minimum Gasteiger partial charge on any atom is -0.496 e. The molecule has 3 rings (SSSR count). The second kappa shape index (κ2) is 4.76. The van der Waals surface area contributed by atoms with Gasteiger partial charge >= 0.3 is 0 Å². The van der Waals surface area contributed by atoms with Gasteiger partial charge in [-0.2, -0.15) is 0 Å². The van der Waals surface area contributed by atoms with Crippen LogP contribution in [0, 0.1) is 0 Å². The van der Waals surface area contributed by atoms with E-state index in [2.05, 4.69) is 5.32 Å². The number of para-hydroxylation sites is 2. The van der Waals surface area contributed by atoms with E-state index >= 15 is 0 Å². The van der Waals surface area contributed by atoms with Crippen LogP contribution in [-0.4, -0.2) is 13.0 Å². The fraction of sp³-hybridized carbons (Fsp3) is 0.188. The van der Waals surface area contributed by atoms with Crippen molar-refractivity contribution in [2.45, 2.75) is 12.3 Å². The molecular weight excluding hydrogens is 238 g/mol. The summed E-state index contributed by atoms with van der Waals surface area (Å²) in [5.41, 5.74) is 3.05. The van der Waals surface area contributed by atoms with Crippen molar-refractivity contribution in [2.24, 2.45) is 0 Å². The van der Waals surface area contributed by atoms with E-state index in [1.165, 1.54) is 0 Å². The number of anilines is 1. The normalized spacial score (nSPS) is 16.9. The lowest BCUT2D eigenvalue weighted by Gasteiger charge is -2.12. The van der Waals surface area contributed by atoms with Crippen molar-refractivity contribution in [3.05, 3.63) is 59.7 Å². The number of hydrogen-bond acceptors (Lipinski definition) is 2. The topological polar surface area (TPSA) is 38.3 Å². The fourth-order valence-corrected chi connectivity index (χ4v) is 2.57. The van der Waals surface area contributed by atoms with Crippen molar-refractivity contribution in [3.8, 4) is 5.75 Å². The van der Waals surface area contributed by atoms with E-state index in [4.69, 9.17) is 4.74 Å². The zero-order valence-corrected chi connectivity index (χ0v) is 10.7. The molecule has 2 aromatic rings. The van der Waals surface area contributed by atoms with Crippen molar-refractivity contribution in [2.75, 3.05) is 12.4 Å². The summed E-state index contributed by atoms with van der Waals surface area (Å²) in [4.78, 5) is 12.1. The molecule has 0 unspecified atom stereocenters. The first-order chi connectivity index (χ1) is 9.29. The second-order valence-electron chi connectivity index (χ2n) is 4.65. The molecule has 0 saturated heterocycles. The molecule has 1 heterocycles. The van der Waals surface area contributed by atoms with Crippen molar-refractivity contribution in [1.82, 2.24) is 0 Å². The molecule has 0 aromatic heterocycles. The molecular formula is C16H15NO2. The largest absolute Gasteiger partial charge is 0.496 e. The van der Waals surface area contributed by atoms with Crippen LogP contribution in [0.2, 0.25) is 0 Å². The molecule has 0 aliphatic carbocycles. The average Bonchev–Trinajstić information content (AvgIpc) is 2.76. The van der Waals surface area contributed by atoms with Crippen LogP contribution in [0.4, 0.5) is 5.69 Å². The highest BCUT2D eigenvalue weighted by Crippen LogP contribution is 2.35. The number of nitrogens with one attached hydrogen (secondary N) is 1. The predicted molar refractivity (Wildman–Crippen MR) is 74.5 cm³/mol. The number of carbonyl (C=O) groups excluding carboxylic acids is 1. The minimum absolute atomic E-state index is 0.0621. The average molecular weight is 253 g/mol. The standard InChI is InChI=1S/C16H15NO2/c1-19-15-9-5-2-6-11(15)10-13-12-7-3-4-8-14(12)17-16(13)18/h2-9,13H,10H2,1H3,(H,17,18)/t13-/m0/s1. The van der Waals surface area contributed by atoms with E-state index in [0.29, 0.717) is 6.42 Å². The van der Waals surface area contributed by atoms with Crippen LogP contribution in [0.25, 0.3) is 0 Å². The van der Waals surface area contributed by atoms with Crippen LogP contribution < -0.4 is 10.1 Å². The first-order valence-corrected chi connectivity index (χ1v) is 6.31. The predicted octanol–water partition coefficient (Wildman–Crippen LogP) is 2.97. The highest BCUT2D eigenvalue weighted by atomic mass is 16.5. The monoisotopic (exact) mass is 253 g/mol. The summed E-state index contributed by atoms with van der Waals surface area (Å²) in [6.07, 6.45) is 0.660. The Balaban J connectivity index is 1.93. The Morgan fingerprint density at radius 3 is 2.68 bits per heavy atom. The lowest BCUT2D eigenvalue weighted by Crippen LogP contribution is -2.14. The zero-order chi connectivity index (χ0) is 13.2. The molecule has 1 aliphatic heterocycles. The van der Waals surface area contributed by atoms with Crippen LogP contribution in [0.5, 0.6) is 5.75 Å². The van der Waals surface area contributed by atoms with Crippen LogP contribution in [0.1, 0.15) is 17.0 Å². The summed E-state index contributed by atoms with van der Waals surface area (Å²) < 4.78 is 5.35. The molecule has 0 bridgehead atoms. The van der Waals surface area contributed by atoms with Gasteiger partial charge in [0, 0.05) is 5.69 Å². The Hall–Kier alpha value is -2.29. The molecule has 3 heteroatoms. The van der Waals surface area contributed by atoms with Crippen molar-refractivity contribution >= 4 is 11.6 Å². The number of rotatable bonds is 3. The molecule has 1 N–H and O–H groups in total. The highest BCUT2D eigenvalue weighted by Gasteiger charge is 2.30. The van der Waals surface area contributed by atoms with E-state index in [1.54, 1.807) is 7.11 Å². The van der Waals surface area contributed by atoms with Gasteiger partial charge in [0.25, 0.3) is 0 Å².